The summed E-state index contributed by atoms with van der Waals surface area (Å²) in [6.45, 7) is 10.5. The lowest BCUT2D eigenvalue weighted by atomic mass is 9.86. The summed E-state index contributed by atoms with van der Waals surface area (Å²) in [7, 11) is 1.36. The van der Waals surface area contributed by atoms with E-state index in [1.54, 1.807) is 0 Å². The van der Waals surface area contributed by atoms with Crippen molar-refractivity contribution in [2.24, 2.45) is 5.92 Å². The highest BCUT2D eigenvalue weighted by atomic mass is 32.1. The van der Waals surface area contributed by atoms with E-state index in [-0.39, 0.29) is 28.3 Å². The number of esters is 1. The summed E-state index contributed by atoms with van der Waals surface area (Å²) < 4.78 is 4.93. The second-order valence-electron chi connectivity index (χ2n) is 9.08. The standard InChI is InChI=1S/C24H31N3O3S2/c1-7-16-13(2)32-21(19(16)22(29)30-6)25-23(31)27-26-20(28)18-12-17(18)14-8-10-15(11-9-14)24(3,4)5/h8-11,17-18H,7,12H2,1-6H3,(H,26,28)(H2,25,27,31)/t17-,18+/m0/s1. The first-order valence-electron chi connectivity index (χ1n) is 10.7. The molecule has 1 fully saturated rings. The Bertz CT molecular complexity index is 1020. The molecule has 0 saturated heterocycles. The Balaban J connectivity index is 1.55. The zero-order valence-corrected chi connectivity index (χ0v) is 21.1. The number of hydrogen-bond donors (Lipinski definition) is 3. The van der Waals surface area contributed by atoms with Gasteiger partial charge in [-0.3, -0.25) is 15.6 Å². The summed E-state index contributed by atoms with van der Waals surface area (Å²) >= 11 is 6.76. The number of rotatable bonds is 5. The highest BCUT2D eigenvalue weighted by Crippen LogP contribution is 2.47. The van der Waals surface area contributed by atoms with Crippen LogP contribution in [0.1, 0.15) is 72.0 Å². The molecule has 0 aliphatic heterocycles. The van der Waals surface area contributed by atoms with Gasteiger partial charge >= 0.3 is 5.97 Å². The largest absolute Gasteiger partial charge is 0.465 e. The Morgan fingerprint density at radius 2 is 1.84 bits per heavy atom. The van der Waals surface area contributed by atoms with E-state index in [0.29, 0.717) is 17.0 Å². The van der Waals surface area contributed by atoms with Crippen molar-refractivity contribution in [3.63, 3.8) is 0 Å². The van der Waals surface area contributed by atoms with Gasteiger partial charge in [0.25, 0.3) is 0 Å². The minimum atomic E-state index is -0.404. The Morgan fingerprint density at radius 1 is 1.19 bits per heavy atom. The SMILES string of the molecule is CCc1c(C)sc(NC(=S)NNC(=O)[C@@H]2C[C@H]2c2ccc(C(C)(C)C)cc2)c1C(=O)OC. The smallest absolute Gasteiger partial charge is 0.341 e. The molecule has 8 heteroatoms. The van der Waals surface area contributed by atoms with Crippen LogP contribution in [0.5, 0.6) is 0 Å². The van der Waals surface area contributed by atoms with Gasteiger partial charge in [-0.05, 0) is 60.0 Å². The number of nitrogens with one attached hydrogen (secondary N) is 3. The lowest BCUT2D eigenvalue weighted by Crippen LogP contribution is -2.44. The number of thiophene rings is 1. The maximum absolute atomic E-state index is 12.6. The molecule has 2 aromatic rings. The molecule has 0 unspecified atom stereocenters. The molecule has 172 valence electrons. The van der Waals surface area contributed by atoms with Crippen LogP contribution in [-0.4, -0.2) is 24.1 Å². The number of carbonyl (C=O) groups is 2. The maximum atomic E-state index is 12.6. The fourth-order valence-electron chi connectivity index (χ4n) is 3.84. The predicted molar refractivity (Wildman–Crippen MR) is 133 cm³/mol. The number of aryl methyl sites for hydroxylation is 1. The average molecular weight is 474 g/mol. The van der Waals surface area contributed by atoms with Gasteiger partial charge in [-0.1, -0.05) is 52.0 Å². The third-order valence-electron chi connectivity index (χ3n) is 5.81. The summed E-state index contributed by atoms with van der Waals surface area (Å²) in [4.78, 5) is 25.8. The van der Waals surface area contributed by atoms with E-state index in [1.807, 2.05) is 13.8 Å². The van der Waals surface area contributed by atoms with Gasteiger partial charge in [0.2, 0.25) is 5.91 Å². The molecule has 0 radical (unpaired) electrons. The van der Waals surface area contributed by atoms with E-state index in [1.165, 1.54) is 29.6 Å². The Morgan fingerprint density at radius 3 is 2.41 bits per heavy atom. The van der Waals surface area contributed by atoms with E-state index in [2.05, 4.69) is 61.2 Å². The summed E-state index contributed by atoms with van der Waals surface area (Å²) in [5.41, 5.74) is 9.46. The first kappa shape index (κ1) is 24.2. The number of amides is 1. The van der Waals surface area contributed by atoms with Crippen LogP contribution >= 0.6 is 23.6 Å². The van der Waals surface area contributed by atoms with Crippen molar-refractivity contribution in [1.29, 1.82) is 0 Å². The molecule has 0 spiro atoms. The topological polar surface area (TPSA) is 79.5 Å². The highest BCUT2D eigenvalue weighted by Gasteiger charge is 2.44. The second kappa shape index (κ2) is 9.58. The van der Waals surface area contributed by atoms with Crippen LogP contribution in [0.4, 0.5) is 5.00 Å². The number of anilines is 1. The van der Waals surface area contributed by atoms with E-state index >= 15 is 0 Å². The van der Waals surface area contributed by atoms with Gasteiger partial charge in [0.1, 0.15) is 5.00 Å². The van der Waals surface area contributed by atoms with Crippen LogP contribution in [0.25, 0.3) is 0 Å². The number of ether oxygens (including phenoxy) is 1. The van der Waals surface area contributed by atoms with Gasteiger partial charge in [0.05, 0.1) is 12.7 Å². The third-order valence-corrected chi connectivity index (χ3v) is 7.08. The van der Waals surface area contributed by atoms with Crippen molar-refractivity contribution >= 4 is 45.5 Å². The van der Waals surface area contributed by atoms with Crippen LogP contribution in [0.3, 0.4) is 0 Å². The summed E-state index contributed by atoms with van der Waals surface area (Å²) in [6.07, 6.45) is 1.53. The lowest BCUT2D eigenvalue weighted by molar-refractivity contribution is -0.122. The van der Waals surface area contributed by atoms with Crippen molar-refractivity contribution in [2.75, 3.05) is 12.4 Å². The van der Waals surface area contributed by atoms with E-state index < -0.39 is 5.97 Å². The van der Waals surface area contributed by atoms with Gasteiger partial charge in [-0.2, -0.15) is 0 Å². The zero-order chi connectivity index (χ0) is 23.6. The Hall–Kier alpha value is -2.45. The molecule has 1 aliphatic carbocycles. The summed E-state index contributed by atoms with van der Waals surface area (Å²) in [5.74, 6) is -0.347. The fraction of sp³-hybridized carbons (Fsp3) is 0.458. The van der Waals surface area contributed by atoms with Crippen LogP contribution in [0, 0.1) is 12.8 Å². The predicted octanol–water partition coefficient (Wildman–Crippen LogP) is 4.82. The molecule has 0 bridgehead atoms. The molecule has 1 saturated carbocycles. The number of hydrazine groups is 1. The van der Waals surface area contributed by atoms with Gasteiger partial charge in [0, 0.05) is 10.8 Å². The molecular weight excluding hydrogens is 442 g/mol. The molecular formula is C24H31N3O3S2. The average Bonchev–Trinajstić information content (AvgIpc) is 3.49. The fourth-order valence-corrected chi connectivity index (χ4v) is 5.19. The van der Waals surface area contributed by atoms with Crippen molar-refractivity contribution in [3.05, 3.63) is 51.4 Å². The third kappa shape index (κ3) is 5.30. The first-order chi connectivity index (χ1) is 15.1. The molecule has 32 heavy (non-hydrogen) atoms. The second-order valence-corrected chi connectivity index (χ2v) is 10.7. The van der Waals surface area contributed by atoms with Gasteiger partial charge < -0.3 is 10.1 Å². The van der Waals surface area contributed by atoms with Crippen LogP contribution in [0.15, 0.2) is 24.3 Å². The van der Waals surface area contributed by atoms with Crippen molar-refractivity contribution < 1.29 is 14.3 Å². The number of hydrogen-bond acceptors (Lipinski definition) is 5. The Kier molecular flexibility index (Phi) is 7.25. The van der Waals surface area contributed by atoms with Gasteiger partial charge in [0.15, 0.2) is 5.11 Å². The minimum Gasteiger partial charge on any atom is -0.465 e. The van der Waals surface area contributed by atoms with Crippen molar-refractivity contribution in [2.45, 2.75) is 58.8 Å². The molecule has 2 atom stereocenters. The van der Waals surface area contributed by atoms with E-state index in [4.69, 9.17) is 17.0 Å². The molecule has 1 aliphatic rings. The van der Waals surface area contributed by atoms with Gasteiger partial charge in [-0.25, -0.2) is 4.79 Å². The number of carbonyl (C=O) groups excluding carboxylic acids is 2. The molecule has 3 N–H and O–H groups in total. The lowest BCUT2D eigenvalue weighted by Gasteiger charge is -2.19. The Labute approximate surface area is 199 Å². The number of thiocarbonyl (C=S) groups is 1. The van der Waals surface area contributed by atoms with Crippen LogP contribution in [0.2, 0.25) is 0 Å². The van der Waals surface area contributed by atoms with Gasteiger partial charge in [-0.15, -0.1) is 11.3 Å². The molecule has 1 heterocycles. The monoisotopic (exact) mass is 473 g/mol. The molecule has 1 amide bonds. The van der Waals surface area contributed by atoms with E-state index in [0.717, 1.165) is 16.9 Å². The zero-order valence-electron chi connectivity index (χ0n) is 19.4. The normalized spacial score (nSPS) is 17.4. The van der Waals surface area contributed by atoms with Crippen molar-refractivity contribution in [3.8, 4) is 0 Å². The summed E-state index contributed by atoms with van der Waals surface area (Å²) in [5, 5.41) is 3.86. The van der Waals surface area contributed by atoms with Crippen LogP contribution in [-0.2, 0) is 21.4 Å². The molecule has 1 aromatic heterocycles. The van der Waals surface area contributed by atoms with E-state index in [9.17, 15) is 9.59 Å². The molecule has 3 rings (SSSR count). The quantitative estimate of drug-likeness (QED) is 0.328. The number of benzene rings is 1. The minimum absolute atomic E-state index is 0.0768. The molecule has 6 nitrogen and oxygen atoms in total. The van der Waals surface area contributed by atoms with Crippen molar-refractivity contribution in [1.82, 2.24) is 10.9 Å². The first-order valence-corrected chi connectivity index (χ1v) is 12.0. The maximum Gasteiger partial charge on any atom is 0.341 e. The summed E-state index contributed by atoms with van der Waals surface area (Å²) in [6, 6.07) is 8.53. The highest BCUT2D eigenvalue weighted by molar-refractivity contribution is 7.80. The number of methoxy groups -OCH3 is 1. The molecule has 1 aromatic carbocycles. The van der Waals surface area contributed by atoms with Crippen LogP contribution < -0.4 is 16.2 Å².